The van der Waals surface area contributed by atoms with Crippen molar-refractivity contribution in [3.8, 4) is 0 Å². The van der Waals surface area contributed by atoms with Crippen LogP contribution >= 0.6 is 0 Å². The molecule has 0 aliphatic heterocycles. The summed E-state index contributed by atoms with van der Waals surface area (Å²) in [6, 6.07) is 21.1. The fraction of sp³-hybridized carbons (Fsp3) is 0.200. The molecule has 0 heterocycles. The van der Waals surface area contributed by atoms with Crippen LogP contribution < -0.4 is 10.4 Å². The molecule has 0 aliphatic carbocycles. The molecule has 2 aromatic rings. The number of rotatable bonds is 8. The number of hydrogen-bond acceptors (Lipinski definition) is 2. The third-order valence-electron chi connectivity index (χ3n) is 4.30. The molecule has 0 amide bonds. The molecular weight excluding hydrogens is 356 g/mol. The molecule has 0 N–H and O–H groups in total. The van der Waals surface area contributed by atoms with E-state index < -0.39 is 28.1 Å². The lowest BCUT2D eigenvalue weighted by Gasteiger charge is -2.33. The molecule has 0 bridgehead atoms. The van der Waals surface area contributed by atoms with E-state index in [1.165, 1.54) is 20.8 Å². The van der Waals surface area contributed by atoms with E-state index in [1.54, 1.807) is 0 Å². The van der Waals surface area contributed by atoms with E-state index in [0.717, 1.165) is 0 Å². The van der Waals surface area contributed by atoms with Crippen LogP contribution in [0.1, 0.15) is 27.7 Å². The van der Waals surface area contributed by atoms with Gasteiger partial charge in [-0.05, 0) is 38.1 Å². The van der Waals surface area contributed by atoms with Crippen LogP contribution in [0.15, 0.2) is 83.2 Å². The maximum absolute atomic E-state index is 6.74. The van der Waals surface area contributed by atoms with Crippen molar-refractivity contribution in [3.63, 3.8) is 0 Å². The molecule has 0 aliphatic rings. The van der Waals surface area contributed by atoms with Gasteiger partial charge in [0.1, 0.15) is 0 Å². The van der Waals surface area contributed by atoms with Gasteiger partial charge in [0.15, 0.2) is 19.5 Å². The predicted molar refractivity (Wildman–Crippen MR) is 116 cm³/mol. The third kappa shape index (κ3) is 5.23. The zero-order valence-electron chi connectivity index (χ0n) is 15.7. The number of benzene rings is 2. The van der Waals surface area contributed by atoms with Crippen LogP contribution in [0, 0.1) is 0 Å². The van der Waals surface area contributed by atoms with Gasteiger partial charge in [0.25, 0.3) is 0 Å². The minimum Gasteiger partial charge on any atom is -0.431 e. The normalized spacial score (nSPS) is 14.1. The second kappa shape index (κ2) is 9.84. The maximum Gasteiger partial charge on any atom is 0.386 e. The molecule has 0 aromatic heterocycles. The van der Waals surface area contributed by atoms with Gasteiger partial charge < -0.3 is 8.23 Å². The first kappa shape index (κ1) is 19.8. The Morgan fingerprint density at radius 2 is 1.08 bits per heavy atom. The Labute approximate surface area is 157 Å². The minimum absolute atomic E-state index is 0.807. The lowest BCUT2D eigenvalue weighted by atomic mass is 10.4. The van der Waals surface area contributed by atoms with Gasteiger partial charge in [-0.25, -0.2) is 0 Å². The summed E-state index contributed by atoms with van der Waals surface area (Å²) in [5, 5.41) is 5.12. The van der Waals surface area contributed by atoms with Crippen LogP contribution in [-0.2, 0) is 8.23 Å². The van der Waals surface area contributed by atoms with E-state index in [4.69, 9.17) is 8.23 Å². The lowest BCUT2D eigenvalue weighted by molar-refractivity contribution is 0.452. The molecule has 5 heteroatoms. The first-order chi connectivity index (χ1) is 12.1. The number of hydrogen-bond donors (Lipinski definition) is 0. The van der Waals surface area contributed by atoms with E-state index in [0.29, 0.717) is 0 Å². The quantitative estimate of drug-likeness (QED) is 0.650. The van der Waals surface area contributed by atoms with Crippen molar-refractivity contribution >= 4 is 38.5 Å². The van der Waals surface area contributed by atoms with Gasteiger partial charge in [0.2, 0.25) is 0 Å². The summed E-state index contributed by atoms with van der Waals surface area (Å²) in [6.07, 6.45) is 4.33. The van der Waals surface area contributed by atoms with E-state index in [9.17, 15) is 0 Å². The molecule has 0 saturated heterocycles. The van der Waals surface area contributed by atoms with E-state index in [2.05, 4.69) is 101 Å². The van der Waals surface area contributed by atoms with E-state index in [-0.39, 0.29) is 0 Å². The van der Waals surface area contributed by atoms with Gasteiger partial charge >= 0.3 is 8.56 Å². The van der Waals surface area contributed by atoms with Crippen molar-refractivity contribution < 1.29 is 8.23 Å². The van der Waals surface area contributed by atoms with Gasteiger partial charge in [0.05, 0.1) is 0 Å². The van der Waals surface area contributed by atoms with E-state index >= 15 is 0 Å². The van der Waals surface area contributed by atoms with Crippen molar-refractivity contribution in [2.75, 3.05) is 0 Å². The highest BCUT2D eigenvalue weighted by Crippen LogP contribution is 2.12. The molecule has 0 saturated carbocycles. The third-order valence-corrected chi connectivity index (χ3v) is 12.6. The highest BCUT2D eigenvalue weighted by molar-refractivity contribution is 6.97. The fourth-order valence-electron chi connectivity index (χ4n) is 2.45. The molecule has 0 spiro atoms. The zero-order chi connectivity index (χ0) is 18.1. The van der Waals surface area contributed by atoms with Gasteiger partial charge in [-0.2, -0.15) is 0 Å². The SMILES string of the molecule is CC=C(C)[SiH2]O[Si](O[SiH2]C(C)=CC)(c1ccccc1)c1ccccc1. The van der Waals surface area contributed by atoms with Gasteiger partial charge in [-0.15, -0.1) is 0 Å². The van der Waals surface area contributed by atoms with Crippen molar-refractivity contribution in [1.82, 2.24) is 0 Å². The van der Waals surface area contributed by atoms with Crippen molar-refractivity contribution in [2.45, 2.75) is 27.7 Å². The Hall–Kier alpha value is -1.51. The van der Waals surface area contributed by atoms with Crippen molar-refractivity contribution in [3.05, 3.63) is 83.2 Å². The first-order valence-corrected chi connectivity index (χ1v) is 13.1. The highest BCUT2D eigenvalue weighted by atomic mass is 28.4. The molecule has 0 fully saturated rings. The molecule has 0 unspecified atom stereocenters. The van der Waals surface area contributed by atoms with Crippen LogP contribution in [-0.4, -0.2) is 28.1 Å². The van der Waals surface area contributed by atoms with Crippen LogP contribution in [0.2, 0.25) is 0 Å². The topological polar surface area (TPSA) is 18.5 Å². The summed E-state index contributed by atoms with van der Waals surface area (Å²) in [7, 11) is -4.28. The largest absolute Gasteiger partial charge is 0.431 e. The Morgan fingerprint density at radius 1 is 0.720 bits per heavy atom. The Bertz CT molecular complexity index is 649. The number of allylic oxidation sites excluding steroid dienone is 4. The molecule has 2 rings (SSSR count). The summed E-state index contributed by atoms with van der Waals surface area (Å²) < 4.78 is 13.5. The molecule has 2 nitrogen and oxygen atoms in total. The van der Waals surface area contributed by atoms with Gasteiger partial charge in [-0.3, -0.25) is 0 Å². The van der Waals surface area contributed by atoms with Gasteiger partial charge in [0, 0.05) is 0 Å². The average molecular weight is 385 g/mol. The van der Waals surface area contributed by atoms with Crippen LogP contribution in [0.25, 0.3) is 0 Å². The Balaban J connectivity index is 2.51. The summed E-state index contributed by atoms with van der Waals surface area (Å²) in [5.74, 6) is 0. The summed E-state index contributed by atoms with van der Waals surface area (Å²) in [6.45, 7) is 8.49. The van der Waals surface area contributed by atoms with Gasteiger partial charge in [-0.1, -0.05) is 83.2 Å². The lowest BCUT2D eigenvalue weighted by Crippen LogP contribution is -2.64. The zero-order valence-corrected chi connectivity index (χ0v) is 19.5. The van der Waals surface area contributed by atoms with E-state index in [1.807, 2.05) is 0 Å². The highest BCUT2D eigenvalue weighted by Gasteiger charge is 2.41. The summed E-state index contributed by atoms with van der Waals surface area (Å²) in [5.41, 5.74) is 0. The van der Waals surface area contributed by atoms with Crippen LogP contribution in [0.4, 0.5) is 0 Å². The summed E-state index contributed by atoms with van der Waals surface area (Å²) in [4.78, 5) is 0. The second-order valence-corrected chi connectivity index (χ2v) is 13.7. The smallest absolute Gasteiger partial charge is 0.386 e. The molecule has 2 aromatic carbocycles. The monoisotopic (exact) mass is 384 g/mol. The standard InChI is InChI=1S/C20H28O2Si3/c1-5-17(3)23-21-25(22-24-18(4)6-2,19-13-9-7-10-14-19)20-15-11-8-12-16-20/h5-16H,23-24H2,1-4H3. The van der Waals surface area contributed by atoms with Crippen LogP contribution in [0.5, 0.6) is 0 Å². The Kier molecular flexibility index (Phi) is 7.80. The molecule has 25 heavy (non-hydrogen) atoms. The Morgan fingerprint density at radius 3 is 1.40 bits per heavy atom. The fourth-order valence-corrected chi connectivity index (χ4v) is 11.6. The minimum atomic E-state index is -2.66. The van der Waals surface area contributed by atoms with Crippen LogP contribution in [0.3, 0.4) is 0 Å². The van der Waals surface area contributed by atoms with Crippen molar-refractivity contribution in [1.29, 1.82) is 0 Å². The molecule has 132 valence electrons. The second-order valence-electron chi connectivity index (χ2n) is 6.20. The predicted octanol–water partition coefficient (Wildman–Crippen LogP) is 2.29. The summed E-state index contributed by atoms with van der Waals surface area (Å²) >= 11 is 0. The van der Waals surface area contributed by atoms with Crippen molar-refractivity contribution in [2.24, 2.45) is 0 Å². The maximum atomic E-state index is 6.74. The molecule has 0 atom stereocenters. The first-order valence-electron chi connectivity index (χ1n) is 8.75. The average Bonchev–Trinajstić information content (AvgIpc) is 2.69. The molecular formula is C20H28O2Si3. The molecule has 0 radical (unpaired) electrons.